The molecular weight excluding hydrogens is 339 g/mol. The molecule has 4 heterocycles. The molecule has 7 heteroatoms. The van der Waals surface area contributed by atoms with E-state index < -0.39 is 35.3 Å². The van der Waals surface area contributed by atoms with Gasteiger partial charge in [-0.15, -0.1) is 0 Å². The average Bonchev–Trinajstić information content (AvgIpc) is 3.15. The highest BCUT2D eigenvalue weighted by atomic mass is 19.1. The van der Waals surface area contributed by atoms with Crippen molar-refractivity contribution in [2.75, 3.05) is 11.5 Å². The Morgan fingerprint density at radius 3 is 2.96 bits per heavy atom. The number of hydrogen-bond acceptors (Lipinski definition) is 5. The molecule has 1 aromatic carbocycles. The lowest BCUT2D eigenvalue weighted by Gasteiger charge is -2.44. The minimum Gasteiger partial charge on any atom is -0.390 e. The molecule has 4 aliphatic rings. The summed E-state index contributed by atoms with van der Waals surface area (Å²) in [6.45, 7) is 3.80. The summed E-state index contributed by atoms with van der Waals surface area (Å²) in [6.07, 6.45) is -0.263. The molecule has 5 rings (SSSR count). The van der Waals surface area contributed by atoms with Gasteiger partial charge in [0.1, 0.15) is 23.7 Å². The SMILES string of the molecule is Cc1c(N2C(=O)[C@H]3[C@H]4[C@@H]2OCC[C@@]42O[C@]3(C)C[C@@H]2O)ccc(C#N)c1F. The molecule has 1 aromatic rings. The first kappa shape index (κ1) is 16.2. The number of ether oxygens (including phenoxy) is 2. The van der Waals surface area contributed by atoms with Crippen molar-refractivity contribution >= 4 is 11.6 Å². The predicted molar refractivity (Wildman–Crippen MR) is 87.5 cm³/mol. The Morgan fingerprint density at radius 2 is 2.23 bits per heavy atom. The highest BCUT2D eigenvalue weighted by Gasteiger charge is 2.78. The second kappa shape index (κ2) is 4.83. The van der Waals surface area contributed by atoms with Crippen molar-refractivity contribution in [3.05, 3.63) is 29.1 Å². The van der Waals surface area contributed by atoms with Gasteiger partial charge in [-0.05, 0) is 26.0 Å². The summed E-state index contributed by atoms with van der Waals surface area (Å²) >= 11 is 0. The molecule has 0 radical (unpaired) electrons. The van der Waals surface area contributed by atoms with Crippen molar-refractivity contribution in [3.8, 4) is 6.07 Å². The fourth-order valence-corrected chi connectivity index (χ4v) is 5.68. The maximum absolute atomic E-state index is 14.5. The molecule has 4 aliphatic heterocycles. The van der Waals surface area contributed by atoms with Crippen molar-refractivity contribution in [3.63, 3.8) is 0 Å². The number of carbonyl (C=O) groups excluding carboxylic acids is 1. The van der Waals surface area contributed by atoms with Crippen LogP contribution in [-0.2, 0) is 14.3 Å². The van der Waals surface area contributed by atoms with E-state index in [-0.39, 0.29) is 23.0 Å². The zero-order valence-corrected chi connectivity index (χ0v) is 14.5. The van der Waals surface area contributed by atoms with Gasteiger partial charge in [0.15, 0.2) is 0 Å². The van der Waals surface area contributed by atoms with E-state index in [0.717, 1.165) is 0 Å². The van der Waals surface area contributed by atoms with E-state index in [2.05, 4.69) is 0 Å². The Bertz CT molecular complexity index is 883. The highest BCUT2D eigenvalue weighted by molar-refractivity contribution is 6.00. The number of rotatable bonds is 1. The molecule has 26 heavy (non-hydrogen) atoms. The van der Waals surface area contributed by atoms with E-state index in [4.69, 9.17) is 14.7 Å². The number of aliphatic hydroxyl groups is 1. The number of nitriles is 1. The van der Waals surface area contributed by atoms with Crippen LogP contribution in [0.2, 0.25) is 0 Å². The van der Waals surface area contributed by atoms with Gasteiger partial charge >= 0.3 is 0 Å². The molecule has 136 valence electrons. The summed E-state index contributed by atoms with van der Waals surface area (Å²) in [5.41, 5.74) is -0.892. The largest absolute Gasteiger partial charge is 0.390 e. The standard InChI is InChI=1S/C19H19FN2O4/c1-9-11(4-3-10(8-21)15(9)20)22-16(24)13-14-17(22)25-6-5-19(14)12(23)7-18(13,2)26-19/h3-4,12-14,17,23H,5-7H2,1-2H3/t12-,13+,14-,17-,18+,19-/m0/s1. The van der Waals surface area contributed by atoms with Crippen LogP contribution in [-0.4, -0.2) is 41.2 Å². The summed E-state index contributed by atoms with van der Waals surface area (Å²) in [6, 6.07) is 4.81. The number of halogens is 1. The second-order valence-electron chi connectivity index (χ2n) is 8.00. The first-order valence-corrected chi connectivity index (χ1v) is 8.86. The number of aliphatic hydroxyl groups excluding tert-OH is 1. The van der Waals surface area contributed by atoms with Crippen LogP contribution >= 0.6 is 0 Å². The van der Waals surface area contributed by atoms with Crippen LogP contribution in [0.25, 0.3) is 0 Å². The molecule has 1 amide bonds. The zero-order chi connectivity index (χ0) is 18.4. The van der Waals surface area contributed by atoms with E-state index in [1.54, 1.807) is 13.0 Å². The van der Waals surface area contributed by atoms with E-state index >= 15 is 0 Å². The summed E-state index contributed by atoms with van der Waals surface area (Å²) in [5.74, 6) is -1.49. The predicted octanol–water partition coefficient (Wildman–Crippen LogP) is 1.62. The Labute approximate surface area is 150 Å². The Hall–Kier alpha value is -2.01. The smallest absolute Gasteiger partial charge is 0.235 e. The van der Waals surface area contributed by atoms with Gasteiger partial charge < -0.3 is 14.6 Å². The van der Waals surface area contributed by atoms with Crippen molar-refractivity contribution in [1.29, 1.82) is 5.26 Å². The monoisotopic (exact) mass is 358 g/mol. The van der Waals surface area contributed by atoms with Gasteiger partial charge in [0.05, 0.1) is 41.4 Å². The van der Waals surface area contributed by atoms with Crippen molar-refractivity contribution in [2.45, 2.75) is 50.2 Å². The van der Waals surface area contributed by atoms with E-state index in [1.165, 1.54) is 11.0 Å². The van der Waals surface area contributed by atoms with Gasteiger partial charge in [-0.3, -0.25) is 9.69 Å². The third kappa shape index (κ3) is 1.63. The fraction of sp³-hybridized carbons (Fsp3) is 0.579. The number of carbonyl (C=O) groups is 1. The van der Waals surface area contributed by atoms with Gasteiger partial charge in [0.2, 0.25) is 5.91 Å². The molecule has 0 unspecified atom stereocenters. The first-order chi connectivity index (χ1) is 12.3. The van der Waals surface area contributed by atoms with Crippen LogP contribution in [0.4, 0.5) is 10.1 Å². The summed E-state index contributed by atoms with van der Waals surface area (Å²) in [7, 11) is 0. The number of anilines is 1. The minimum absolute atomic E-state index is 0.0510. The van der Waals surface area contributed by atoms with Crippen molar-refractivity contribution in [1.82, 2.24) is 0 Å². The van der Waals surface area contributed by atoms with Crippen molar-refractivity contribution in [2.24, 2.45) is 11.8 Å². The molecule has 4 saturated heterocycles. The third-order valence-electron chi connectivity index (χ3n) is 6.75. The lowest BCUT2D eigenvalue weighted by molar-refractivity contribution is -0.163. The van der Waals surface area contributed by atoms with E-state index in [1.807, 2.05) is 13.0 Å². The molecular formula is C19H19FN2O4. The number of nitrogens with zero attached hydrogens (tertiary/aromatic N) is 2. The number of amides is 1. The topological polar surface area (TPSA) is 82.8 Å². The number of fused-ring (bicyclic) bond motifs is 2. The van der Waals surface area contributed by atoms with E-state index in [0.29, 0.717) is 25.1 Å². The van der Waals surface area contributed by atoms with Crippen LogP contribution in [0.15, 0.2) is 12.1 Å². The molecule has 6 atom stereocenters. The zero-order valence-electron chi connectivity index (χ0n) is 14.5. The second-order valence-corrected chi connectivity index (χ2v) is 8.00. The molecule has 0 saturated carbocycles. The fourth-order valence-electron chi connectivity index (χ4n) is 5.68. The summed E-state index contributed by atoms with van der Waals surface area (Å²) in [5, 5.41) is 19.7. The maximum atomic E-state index is 14.5. The average molecular weight is 358 g/mol. The molecule has 6 nitrogen and oxygen atoms in total. The third-order valence-corrected chi connectivity index (χ3v) is 6.75. The van der Waals surface area contributed by atoms with Crippen LogP contribution in [0.5, 0.6) is 0 Å². The van der Waals surface area contributed by atoms with Crippen LogP contribution < -0.4 is 4.90 Å². The van der Waals surface area contributed by atoms with Gasteiger partial charge in [0, 0.05) is 18.4 Å². The van der Waals surface area contributed by atoms with Gasteiger partial charge in [-0.1, -0.05) is 0 Å². The van der Waals surface area contributed by atoms with Gasteiger partial charge in [-0.2, -0.15) is 5.26 Å². The van der Waals surface area contributed by atoms with E-state index in [9.17, 15) is 14.3 Å². The quantitative estimate of drug-likeness (QED) is 0.825. The molecule has 1 spiro atoms. The normalized spacial score (nSPS) is 42.9. The molecule has 0 aromatic heterocycles. The maximum Gasteiger partial charge on any atom is 0.235 e. The van der Waals surface area contributed by atoms with Gasteiger partial charge in [0.25, 0.3) is 0 Å². The lowest BCUT2D eigenvalue weighted by Crippen LogP contribution is -2.57. The Kier molecular flexibility index (Phi) is 3.00. The first-order valence-electron chi connectivity index (χ1n) is 8.86. The Balaban J connectivity index is 1.65. The van der Waals surface area contributed by atoms with Crippen LogP contribution in [0.3, 0.4) is 0 Å². The minimum atomic E-state index is -0.772. The Morgan fingerprint density at radius 1 is 1.46 bits per heavy atom. The molecule has 1 N–H and O–H groups in total. The van der Waals surface area contributed by atoms with Crippen molar-refractivity contribution < 1.29 is 23.8 Å². The number of benzene rings is 1. The summed E-state index contributed by atoms with van der Waals surface area (Å²) in [4.78, 5) is 14.9. The van der Waals surface area contributed by atoms with Gasteiger partial charge in [-0.25, -0.2) is 4.39 Å². The summed E-state index contributed by atoms with van der Waals surface area (Å²) < 4.78 is 26.7. The number of hydrogen-bond donors (Lipinski definition) is 1. The molecule has 2 bridgehead atoms. The molecule has 4 fully saturated rings. The highest BCUT2D eigenvalue weighted by Crippen LogP contribution is 2.65. The van der Waals surface area contributed by atoms with Crippen LogP contribution in [0, 0.1) is 35.9 Å². The van der Waals surface area contributed by atoms with Crippen LogP contribution in [0.1, 0.15) is 30.9 Å². The lowest BCUT2D eigenvalue weighted by atomic mass is 9.65. The molecule has 0 aliphatic carbocycles.